The minimum Gasteiger partial charge on any atom is -0.496 e. The monoisotopic (exact) mass is 547 g/mol. The van der Waals surface area contributed by atoms with Gasteiger partial charge in [-0.05, 0) is 37.5 Å². The van der Waals surface area contributed by atoms with Crippen LogP contribution in [0.3, 0.4) is 0 Å². The van der Waals surface area contributed by atoms with Crippen LogP contribution in [0.2, 0.25) is 0 Å². The Labute approximate surface area is 203 Å². The first-order chi connectivity index (χ1) is 14.6. The van der Waals surface area contributed by atoms with Gasteiger partial charge in [-0.15, -0.1) is 24.0 Å². The summed E-state index contributed by atoms with van der Waals surface area (Å²) in [5.74, 6) is 1.92. The predicted octanol–water partition coefficient (Wildman–Crippen LogP) is 1.51. The number of piperazine rings is 1. The van der Waals surface area contributed by atoms with E-state index in [2.05, 4.69) is 45.6 Å². The summed E-state index contributed by atoms with van der Waals surface area (Å²) in [6.45, 7) is 10.6. The van der Waals surface area contributed by atoms with Gasteiger partial charge < -0.3 is 25.0 Å². The summed E-state index contributed by atoms with van der Waals surface area (Å²) >= 11 is 0. The molecule has 176 valence electrons. The van der Waals surface area contributed by atoms with Crippen LogP contribution in [0, 0.1) is 6.92 Å². The third-order valence-electron chi connectivity index (χ3n) is 5.14. The highest BCUT2D eigenvalue weighted by Gasteiger charge is 2.21. The van der Waals surface area contributed by atoms with Gasteiger partial charge in [-0.3, -0.25) is 14.7 Å². The Morgan fingerprint density at radius 2 is 1.90 bits per heavy atom. The maximum absolute atomic E-state index is 12.0. The molecule has 9 heteroatoms. The van der Waals surface area contributed by atoms with Crippen LogP contribution in [0.4, 0.5) is 0 Å². The minimum atomic E-state index is 0. The van der Waals surface area contributed by atoms with E-state index in [4.69, 9.17) is 14.5 Å². The Hall–Kier alpha value is -1.59. The fourth-order valence-corrected chi connectivity index (χ4v) is 3.41. The second-order valence-electron chi connectivity index (χ2n) is 7.40. The number of nitrogens with zero attached hydrogens (tertiary/aromatic N) is 3. The smallest absolute Gasteiger partial charge is 0.234 e. The molecule has 1 amide bonds. The van der Waals surface area contributed by atoms with E-state index in [1.807, 2.05) is 6.92 Å². The normalized spacial score (nSPS) is 14.7. The number of amides is 1. The van der Waals surface area contributed by atoms with Crippen molar-refractivity contribution in [2.45, 2.75) is 20.3 Å². The Morgan fingerprint density at radius 1 is 1.16 bits per heavy atom. The highest BCUT2D eigenvalue weighted by molar-refractivity contribution is 14.0. The van der Waals surface area contributed by atoms with Gasteiger partial charge in [-0.2, -0.15) is 0 Å². The van der Waals surface area contributed by atoms with Crippen molar-refractivity contribution in [2.24, 2.45) is 4.99 Å². The zero-order valence-electron chi connectivity index (χ0n) is 19.3. The number of nitrogens with one attached hydrogen (secondary N) is 2. The lowest BCUT2D eigenvalue weighted by atomic mass is 10.1. The fourth-order valence-electron chi connectivity index (χ4n) is 3.41. The van der Waals surface area contributed by atoms with Crippen molar-refractivity contribution >= 4 is 35.8 Å². The lowest BCUT2D eigenvalue weighted by Crippen LogP contribution is -2.54. The lowest BCUT2D eigenvalue weighted by Gasteiger charge is -2.36. The molecular weight excluding hydrogens is 509 g/mol. The maximum atomic E-state index is 12.0. The van der Waals surface area contributed by atoms with Gasteiger partial charge in [-0.25, -0.2) is 0 Å². The maximum Gasteiger partial charge on any atom is 0.234 e. The number of carbonyl (C=O) groups is 1. The molecule has 1 saturated heterocycles. The number of benzene rings is 1. The van der Waals surface area contributed by atoms with Gasteiger partial charge in [0.05, 0.1) is 20.3 Å². The van der Waals surface area contributed by atoms with Crippen LogP contribution in [-0.2, 0) is 16.0 Å². The van der Waals surface area contributed by atoms with E-state index in [-0.39, 0.29) is 29.9 Å². The Morgan fingerprint density at radius 3 is 2.55 bits per heavy atom. The second-order valence-corrected chi connectivity index (χ2v) is 7.40. The van der Waals surface area contributed by atoms with Crippen LogP contribution < -0.4 is 15.4 Å². The summed E-state index contributed by atoms with van der Waals surface area (Å²) in [6.07, 6.45) is 0.868. The number of hydrogen-bond donors (Lipinski definition) is 2. The summed E-state index contributed by atoms with van der Waals surface area (Å²) in [7, 11) is 3.34. The molecule has 1 aromatic carbocycles. The quantitative estimate of drug-likeness (QED) is 0.200. The molecule has 31 heavy (non-hydrogen) atoms. The van der Waals surface area contributed by atoms with Crippen molar-refractivity contribution in [1.82, 2.24) is 20.4 Å². The molecule has 0 spiro atoms. The third kappa shape index (κ3) is 9.61. The van der Waals surface area contributed by atoms with E-state index in [0.717, 1.165) is 63.0 Å². The van der Waals surface area contributed by atoms with Gasteiger partial charge in [-0.1, -0.05) is 12.1 Å². The summed E-state index contributed by atoms with van der Waals surface area (Å²) in [5.41, 5.74) is 2.37. The summed E-state index contributed by atoms with van der Waals surface area (Å²) in [5, 5.41) is 6.28. The predicted molar refractivity (Wildman–Crippen MR) is 136 cm³/mol. The number of halogens is 1. The number of rotatable bonds is 10. The average molecular weight is 547 g/mol. The molecular formula is C22H38IN5O3. The van der Waals surface area contributed by atoms with Gasteiger partial charge in [0.25, 0.3) is 0 Å². The molecule has 0 aliphatic carbocycles. The molecule has 0 bridgehead atoms. The summed E-state index contributed by atoms with van der Waals surface area (Å²) < 4.78 is 10.4. The summed E-state index contributed by atoms with van der Waals surface area (Å²) in [4.78, 5) is 21.3. The van der Waals surface area contributed by atoms with Crippen molar-refractivity contribution < 1.29 is 14.3 Å². The topological polar surface area (TPSA) is 78.4 Å². The van der Waals surface area contributed by atoms with Crippen LogP contribution in [0.5, 0.6) is 5.75 Å². The van der Waals surface area contributed by atoms with Crippen molar-refractivity contribution in [2.75, 3.05) is 73.2 Å². The molecule has 0 radical (unpaired) electrons. The first-order valence-electron chi connectivity index (χ1n) is 10.7. The van der Waals surface area contributed by atoms with Crippen molar-refractivity contribution in [3.8, 4) is 5.75 Å². The van der Waals surface area contributed by atoms with Gasteiger partial charge in [0, 0.05) is 52.9 Å². The van der Waals surface area contributed by atoms with Crippen LogP contribution in [0.15, 0.2) is 23.2 Å². The van der Waals surface area contributed by atoms with Crippen LogP contribution in [0.25, 0.3) is 0 Å². The molecule has 2 N–H and O–H groups in total. The number of methoxy groups -OCH3 is 2. The first kappa shape index (κ1) is 27.4. The number of ether oxygens (including phenoxy) is 2. The largest absolute Gasteiger partial charge is 0.496 e. The van der Waals surface area contributed by atoms with Crippen LogP contribution in [0.1, 0.15) is 18.1 Å². The van der Waals surface area contributed by atoms with E-state index in [1.165, 1.54) is 5.56 Å². The SMILES string of the molecule is CCNC(=NCCc1ccc(C)c(OC)c1)N1CCN(CC(=O)NCCOC)CC1.I. The Balaban J connectivity index is 0.00000480. The second kappa shape index (κ2) is 15.3. The lowest BCUT2D eigenvalue weighted by molar-refractivity contribution is -0.122. The average Bonchev–Trinajstić information content (AvgIpc) is 2.75. The van der Waals surface area contributed by atoms with Gasteiger partial charge in [0.15, 0.2) is 5.96 Å². The number of aliphatic imine (C=N–C) groups is 1. The van der Waals surface area contributed by atoms with E-state index >= 15 is 0 Å². The fraction of sp³-hybridized carbons (Fsp3) is 0.636. The molecule has 8 nitrogen and oxygen atoms in total. The van der Waals surface area contributed by atoms with Crippen molar-refractivity contribution in [3.05, 3.63) is 29.3 Å². The highest BCUT2D eigenvalue weighted by atomic mass is 127. The number of guanidine groups is 1. The van der Waals surface area contributed by atoms with Gasteiger partial charge in [0.1, 0.15) is 5.75 Å². The number of aryl methyl sites for hydroxylation is 1. The standard InChI is InChI=1S/C22H37N5O3.HI/c1-5-23-22(25-9-8-19-7-6-18(2)20(16-19)30-4)27-13-11-26(12-14-27)17-21(28)24-10-15-29-3;/h6-7,16H,5,8-15,17H2,1-4H3,(H,23,25)(H,24,28);1H. The number of carbonyl (C=O) groups excluding carboxylic acids is 1. The van der Waals surface area contributed by atoms with Gasteiger partial charge >= 0.3 is 0 Å². The Bertz CT molecular complexity index is 694. The first-order valence-corrected chi connectivity index (χ1v) is 10.7. The van der Waals surface area contributed by atoms with Crippen molar-refractivity contribution in [3.63, 3.8) is 0 Å². The molecule has 0 aromatic heterocycles. The zero-order valence-corrected chi connectivity index (χ0v) is 21.6. The Kier molecular flexibility index (Phi) is 13.5. The van der Waals surface area contributed by atoms with Gasteiger partial charge in [0.2, 0.25) is 5.91 Å². The molecule has 0 saturated carbocycles. The molecule has 1 fully saturated rings. The van der Waals surface area contributed by atoms with Crippen LogP contribution in [-0.4, -0.2) is 94.9 Å². The number of hydrogen-bond acceptors (Lipinski definition) is 5. The molecule has 0 atom stereocenters. The molecule has 1 aliphatic rings. The molecule has 2 rings (SSSR count). The molecule has 1 aromatic rings. The third-order valence-corrected chi connectivity index (χ3v) is 5.14. The minimum absolute atomic E-state index is 0. The van der Waals surface area contributed by atoms with Crippen molar-refractivity contribution in [1.29, 1.82) is 0 Å². The molecule has 0 unspecified atom stereocenters. The van der Waals surface area contributed by atoms with Crippen LogP contribution >= 0.6 is 24.0 Å². The molecule has 1 aliphatic heterocycles. The van der Waals surface area contributed by atoms with E-state index in [1.54, 1.807) is 14.2 Å². The highest BCUT2D eigenvalue weighted by Crippen LogP contribution is 2.19. The summed E-state index contributed by atoms with van der Waals surface area (Å²) in [6, 6.07) is 6.32. The zero-order chi connectivity index (χ0) is 21.8. The van der Waals surface area contributed by atoms with E-state index < -0.39 is 0 Å². The van der Waals surface area contributed by atoms with E-state index in [0.29, 0.717) is 19.7 Å². The molecule has 1 heterocycles. The van der Waals surface area contributed by atoms with E-state index in [9.17, 15) is 4.79 Å².